The van der Waals surface area contributed by atoms with E-state index in [9.17, 15) is 19.8 Å². The largest absolute Gasteiger partial charge is 0.481 e. The summed E-state index contributed by atoms with van der Waals surface area (Å²) in [5.41, 5.74) is -0.179. The van der Waals surface area contributed by atoms with Crippen LogP contribution in [0.15, 0.2) is 36.7 Å². The molecule has 0 spiro atoms. The van der Waals surface area contributed by atoms with Crippen molar-refractivity contribution in [1.29, 1.82) is 0 Å². The minimum atomic E-state index is -1.32. The first-order valence-electron chi connectivity index (χ1n) is 8.79. The average molecular weight is 357 g/mol. The summed E-state index contributed by atoms with van der Waals surface area (Å²) in [6.07, 6.45) is 3.54. The van der Waals surface area contributed by atoms with Gasteiger partial charge in [0.25, 0.3) is 5.91 Å². The van der Waals surface area contributed by atoms with E-state index >= 15 is 0 Å². The number of aliphatic carboxylic acids is 1. The molecular weight excluding hydrogens is 334 g/mol. The number of piperidine rings is 1. The van der Waals surface area contributed by atoms with E-state index < -0.39 is 17.5 Å². The summed E-state index contributed by atoms with van der Waals surface area (Å²) in [4.78, 5) is 33.8. The molecule has 1 fully saturated rings. The maximum Gasteiger partial charge on any atom is 0.314 e. The van der Waals surface area contributed by atoms with Gasteiger partial charge in [-0.3, -0.25) is 9.59 Å². The second-order valence-electron chi connectivity index (χ2n) is 6.73. The maximum absolute atomic E-state index is 13.1. The molecule has 1 aromatic heterocycles. The standard InChI is InChI=1S/C19H23N3O4/c1-2-8-19(18(25)26)12-22(11-7-15(19)23)17(24)14-6-4-3-5-13(14)16-20-9-10-21-16/h3-6,9-10,15,23H,2,7-8,11-12H2,1H3,(H,20,21)(H,25,26)/t15-,19-/m1/s1. The zero-order chi connectivity index (χ0) is 18.7. The third kappa shape index (κ3) is 3.10. The van der Waals surface area contributed by atoms with Gasteiger partial charge >= 0.3 is 5.97 Å². The van der Waals surface area contributed by atoms with Gasteiger partial charge in [-0.05, 0) is 18.9 Å². The number of aromatic nitrogens is 2. The first-order chi connectivity index (χ1) is 12.5. The number of nitrogens with one attached hydrogen (secondary N) is 1. The van der Waals surface area contributed by atoms with Gasteiger partial charge in [-0.2, -0.15) is 0 Å². The van der Waals surface area contributed by atoms with Crippen LogP contribution in [0.3, 0.4) is 0 Å². The smallest absolute Gasteiger partial charge is 0.314 e. The Hall–Kier alpha value is -2.67. The Balaban J connectivity index is 1.93. The summed E-state index contributed by atoms with van der Waals surface area (Å²) < 4.78 is 0. The van der Waals surface area contributed by atoms with E-state index in [1.165, 1.54) is 4.90 Å². The lowest BCUT2D eigenvalue weighted by molar-refractivity contribution is -0.162. The summed E-state index contributed by atoms with van der Waals surface area (Å²) in [7, 11) is 0. The fourth-order valence-electron chi connectivity index (χ4n) is 3.72. The van der Waals surface area contributed by atoms with E-state index in [0.29, 0.717) is 36.3 Å². The Kier molecular flexibility index (Phi) is 5.08. The second kappa shape index (κ2) is 7.29. The molecule has 7 heteroatoms. The third-order valence-electron chi connectivity index (χ3n) is 5.10. The van der Waals surface area contributed by atoms with Crippen LogP contribution in [0.2, 0.25) is 0 Å². The van der Waals surface area contributed by atoms with Gasteiger partial charge in [-0.15, -0.1) is 0 Å². The van der Waals surface area contributed by atoms with Gasteiger partial charge < -0.3 is 20.1 Å². The van der Waals surface area contributed by atoms with Crippen molar-refractivity contribution < 1.29 is 19.8 Å². The number of carboxylic acids is 1. The number of hydrogen-bond donors (Lipinski definition) is 3. The van der Waals surface area contributed by atoms with E-state index in [1.54, 1.807) is 30.6 Å². The van der Waals surface area contributed by atoms with Crippen LogP contribution in [0.1, 0.15) is 36.5 Å². The number of H-pyrrole nitrogens is 1. The lowest BCUT2D eigenvalue weighted by atomic mass is 9.74. The Morgan fingerprint density at radius 3 is 2.81 bits per heavy atom. The van der Waals surface area contributed by atoms with Crippen molar-refractivity contribution in [3.05, 3.63) is 42.2 Å². The molecule has 1 aromatic carbocycles. The molecule has 0 bridgehead atoms. The van der Waals surface area contributed by atoms with Gasteiger partial charge in [0.05, 0.1) is 11.7 Å². The van der Waals surface area contributed by atoms with Crippen LogP contribution in [-0.4, -0.2) is 56.2 Å². The topological polar surface area (TPSA) is 107 Å². The number of hydrogen-bond acceptors (Lipinski definition) is 4. The van der Waals surface area contributed by atoms with Gasteiger partial charge in [0.2, 0.25) is 0 Å². The molecular formula is C19H23N3O4. The summed E-state index contributed by atoms with van der Waals surface area (Å²) in [5, 5.41) is 20.1. The fourth-order valence-corrected chi connectivity index (χ4v) is 3.72. The summed E-state index contributed by atoms with van der Waals surface area (Å²) >= 11 is 0. The number of likely N-dealkylation sites (tertiary alicyclic amines) is 1. The van der Waals surface area contributed by atoms with E-state index in [-0.39, 0.29) is 18.9 Å². The molecule has 7 nitrogen and oxygen atoms in total. The number of amides is 1. The third-order valence-corrected chi connectivity index (χ3v) is 5.10. The molecule has 0 unspecified atom stereocenters. The molecule has 26 heavy (non-hydrogen) atoms. The zero-order valence-corrected chi connectivity index (χ0v) is 14.7. The Labute approximate surface area is 151 Å². The number of nitrogens with zero attached hydrogens (tertiary/aromatic N) is 2. The molecule has 138 valence electrons. The molecule has 3 N–H and O–H groups in total. The number of benzene rings is 1. The molecule has 1 saturated heterocycles. The normalized spacial score (nSPS) is 23.0. The van der Waals surface area contributed by atoms with Crippen molar-refractivity contribution in [2.75, 3.05) is 13.1 Å². The van der Waals surface area contributed by atoms with Crippen LogP contribution in [0.25, 0.3) is 11.4 Å². The highest BCUT2D eigenvalue weighted by molar-refractivity contribution is 6.00. The molecule has 3 rings (SSSR count). The van der Waals surface area contributed by atoms with Crippen LogP contribution in [-0.2, 0) is 4.79 Å². The zero-order valence-electron chi connectivity index (χ0n) is 14.7. The SMILES string of the molecule is CCC[C@@]1(C(=O)O)CN(C(=O)c2ccccc2-c2ncc[nH]2)CC[C@H]1O. The predicted octanol–water partition coefficient (Wildman–Crippen LogP) is 2.15. The van der Waals surface area contributed by atoms with Crippen molar-refractivity contribution in [2.45, 2.75) is 32.3 Å². The Morgan fingerprint density at radius 1 is 1.38 bits per heavy atom. The van der Waals surface area contributed by atoms with Crippen LogP contribution < -0.4 is 0 Å². The highest BCUT2D eigenvalue weighted by Crippen LogP contribution is 2.36. The Morgan fingerprint density at radius 2 is 2.15 bits per heavy atom. The van der Waals surface area contributed by atoms with Crippen LogP contribution in [0.4, 0.5) is 0 Å². The number of carbonyl (C=O) groups excluding carboxylic acids is 1. The molecule has 1 amide bonds. The molecule has 1 aliphatic heterocycles. The van der Waals surface area contributed by atoms with Gasteiger partial charge in [0.1, 0.15) is 11.2 Å². The maximum atomic E-state index is 13.1. The van der Waals surface area contributed by atoms with Gasteiger partial charge in [-0.25, -0.2) is 4.98 Å². The molecule has 1 aliphatic rings. The van der Waals surface area contributed by atoms with Crippen molar-refractivity contribution in [1.82, 2.24) is 14.9 Å². The van der Waals surface area contributed by atoms with Crippen molar-refractivity contribution in [3.63, 3.8) is 0 Å². The first kappa shape index (κ1) is 18.1. The van der Waals surface area contributed by atoms with Crippen LogP contribution in [0, 0.1) is 5.41 Å². The number of aliphatic hydroxyl groups excluding tert-OH is 1. The number of rotatable bonds is 5. The summed E-state index contributed by atoms with van der Waals surface area (Å²) in [6.45, 7) is 2.21. The van der Waals surface area contributed by atoms with Crippen molar-refractivity contribution in [3.8, 4) is 11.4 Å². The number of carboxylic acid groups (broad SMARTS) is 1. The number of carbonyl (C=O) groups is 2. The predicted molar refractivity (Wildman–Crippen MR) is 95.5 cm³/mol. The quantitative estimate of drug-likeness (QED) is 0.760. The lowest BCUT2D eigenvalue weighted by Gasteiger charge is -2.43. The Bertz CT molecular complexity index is 790. The van der Waals surface area contributed by atoms with E-state index in [4.69, 9.17) is 0 Å². The minimum absolute atomic E-state index is 0.00264. The second-order valence-corrected chi connectivity index (χ2v) is 6.73. The van der Waals surface area contributed by atoms with Crippen molar-refractivity contribution >= 4 is 11.9 Å². The molecule has 2 heterocycles. The first-order valence-corrected chi connectivity index (χ1v) is 8.79. The van der Waals surface area contributed by atoms with Crippen LogP contribution in [0.5, 0.6) is 0 Å². The van der Waals surface area contributed by atoms with Gasteiger partial charge in [0.15, 0.2) is 0 Å². The summed E-state index contributed by atoms with van der Waals surface area (Å²) in [6, 6.07) is 7.12. The molecule has 2 atom stereocenters. The lowest BCUT2D eigenvalue weighted by Crippen LogP contribution is -2.57. The number of imidazole rings is 1. The molecule has 2 aromatic rings. The van der Waals surface area contributed by atoms with Gasteiger partial charge in [0, 0.05) is 31.0 Å². The van der Waals surface area contributed by atoms with Crippen LogP contribution >= 0.6 is 0 Å². The number of aromatic amines is 1. The molecule has 0 aliphatic carbocycles. The van der Waals surface area contributed by atoms with Crippen molar-refractivity contribution in [2.24, 2.45) is 5.41 Å². The summed E-state index contributed by atoms with van der Waals surface area (Å²) in [5.74, 6) is -0.710. The van der Waals surface area contributed by atoms with E-state index in [2.05, 4.69) is 9.97 Å². The molecule has 0 radical (unpaired) electrons. The van der Waals surface area contributed by atoms with E-state index in [1.807, 2.05) is 13.0 Å². The highest BCUT2D eigenvalue weighted by Gasteiger charge is 2.49. The molecule has 0 saturated carbocycles. The average Bonchev–Trinajstić information content (AvgIpc) is 3.17. The number of aliphatic hydroxyl groups is 1. The highest BCUT2D eigenvalue weighted by atomic mass is 16.4. The fraction of sp³-hybridized carbons (Fsp3) is 0.421. The minimum Gasteiger partial charge on any atom is -0.481 e. The monoisotopic (exact) mass is 357 g/mol. The van der Waals surface area contributed by atoms with Gasteiger partial charge in [-0.1, -0.05) is 31.5 Å². The van der Waals surface area contributed by atoms with E-state index in [0.717, 1.165) is 0 Å².